The molecular weight excluding hydrogens is 292 g/mol. The minimum atomic E-state index is -0.780. The van der Waals surface area contributed by atoms with E-state index in [1.807, 2.05) is 6.92 Å². The summed E-state index contributed by atoms with van der Waals surface area (Å²) in [7, 11) is -0.780. The second-order valence-corrected chi connectivity index (χ2v) is 7.39. The van der Waals surface area contributed by atoms with Crippen molar-refractivity contribution in [2.75, 3.05) is 12.1 Å². The van der Waals surface area contributed by atoms with Crippen LogP contribution >= 0.6 is 11.6 Å². The van der Waals surface area contributed by atoms with Crippen LogP contribution in [0, 0.1) is 6.92 Å². The summed E-state index contributed by atoms with van der Waals surface area (Å²) in [5.41, 5.74) is 3.39. The number of benzene rings is 1. The molecule has 0 aliphatic rings. The first-order valence-corrected chi connectivity index (χ1v) is 9.02. The Bertz CT molecular complexity index is 624. The Balaban J connectivity index is 2.34. The van der Waals surface area contributed by atoms with Gasteiger partial charge in [0.25, 0.3) is 0 Å². The van der Waals surface area contributed by atoms with Gasteiger partial charge in [0.15, 0.2) is 0 Å². The normalized spacial score (nSPS) is 14.6. The molecule has 0 N–H and O–H groups in total. The third-order valence-corrected chi connectivity index (χ3v) is 5.18. The van der Waals surface area contributed by atoms with Crippen LogP contribution in [0.1, 0.15) is 24.7 Å². The second kappa shape index (κ2) is 6.72. The van der Waals surface area contributed by atoms with Gasteiger partial charge < -0.3 is 4.57 Å². The predicted molar refractivity (Wildman–Crippen MR) is 87.0 cm³/mol. The fourth-order valence-corrected chi connectivity index (χ4v) is 2.89. The van der Waals surface area contributed by atoms with E-state index in [0.29, 0.717) is 5.88 Å². The minimum Gasteiger partial charge on any atom is -0.328 e. The van der Waals surface area contributed by atoms with E-state index in [9.17, 15) is 4.21 Å². The van der Waals surface area contributed by atoms with Gasteiger partial charge in [-0.05, 0) is 31.0 Å². The first-order valence-electron chi connectivity index (χ1n) is 6.87. The molecule has 1 heterocycles. The molecule has 3 nitrogen and oxygen atoms in total. The molecule has 0 aliphatic heterocycles. The molecule has 2 unspecified atom stereocenters. The van der Waals surface area contributed by atoms with Crippen molar-refractivity contribution >= 4 is 33.4 Å². The summed E-state index contributed by atoms with van der Waals surface area (Å²) < 4.78 is 13.7. The van der Waals surface area contributed by atoms with Gasteiger partial charge in [0, 0.05) is 41.2 Å². The van der Waals surface area contributed by atoms with Crippen molar-refractivity contribution in [2.45, 2.75) is 38.5 Å². The van der Waals surface area contributed by atoms with Gasteiger partial charge in [-0.15, -0.1) is 11.6 Å². The van der Waals surface area contributed by atoms with E-state index in [-0.39, 0.29) is 5.25 Å². The summed E-state index contributed by atoms with van der Waals surface area (Å²) in [5, 5.41) is 0.195. The van der Waals surface area contributed by atoms with Crippen LogP contribution in [0.5, 0.6) is 0 Å². The zero-order valence-electron chi connectivity index (χ0n) is 12.2. The zero-order valence-corrected chi connectivity index (χ0v) is 13.8. The first kappa shape index (κ1) is 15.5. The highest BCUT2D eigenvalue weighted by Crippen LogP contribution is 2.20. The van der Waals surface area contributed by atoms with Gasteiger partial charge in [0.2, 0.25) is 0 Å². The van der Waals surface area contributed by atoms with Crippen molar-refractivity contribution in [3.8, 4) is 0 Å². The van der Waals surface area contributed by atoms with Crippen molar-refractivity contribution in [1.29, 1.82) is 0 Å². The molecule has 5 heteroatoms. The van der Waals surface area contributed by atoms with E-state index in [1.54, 1.807) is 6.26 Å². The van der Waals surface area contributed by atoms with Crippen molar-refractivity contribution in [3.63, 3.8) is 0 Å². The average Bonchev–Trinajstić information content (AvgIpc) is 2.73. The van der Waals surface area contributed by atoms with Gasteiger partial charge in [-0.1, -0.05) is 13.0 Å². The van der Waals surface area contributed by atoms with Gasteiger partial charge in [0.1, 0.15) is 5.82 Å². The number of nitrogens with zero attached hydrogens (tertiary/aromatic N) is 2. The molecule has 0 saturated heterocycles. The molecule has 0 amide bonds. The summed E-state index contributed by atoms with van der Waals surface area (Å²) in [6, 6.07) is 6.29. The van der Waals surface area contributed by atoms with Crippen LogP contribution in [0.25, 0.3) is 11.0 Å². The van der Waals surface area contributed by atoms with Gasteiger partial charge in [0.05, 0.1) is 11.0 Å². The highest BCUT2D eigenvalue weighted by molar-refractivity contribution is 7.84. The van der Waals surface area contributed by atoms with Crippen LogP contribution in [-0.4, -0.2) is 31.1 Å². The summed E-state index contributed by atoms with van der Waals surface area (Å²) in [5.74, 6) is 1.59. The topological polar surface area (TPSA) is 34.9 Å². The number of rotatable bonds is 6. The summed E-state index contributed by atoms with van der Waals surface area (Å²) in [6.45, 7) is 4.95. The molecule has 20 heavy (non-hydrogen) atoms. The lowest BCUT2D eigenvalue weighted by Gasteiger charge is -2.12. The van der Waals surface area contributed by atoms with Crippen LogP contribution < -0.4 is 0 Å². The third-order valence-electron chi connectivity index (χ3n) is 3.63. The molecule has 0 radical (unpaired) electrons. The molecule has 2 rings (SSSR count). The minimum absolute atomic E-state index is 0.195. The van der Waals surface area contributed by atoms with Crippen LogP contribution in [0.3, 0.4) is 0 Å². The van der Waals surface area contributed by atoms with Gasteiger partial charge in [-0.25, -0.2) is 4.98 Å². The Morgan fingerprint density at radius 3 is 2.85 bits per heavy atom. The number of imidazole rings is 1. The molecule has 2 atom stereocenters. The molecule has 0 fully saturated rings. The zero-order chi connectivity index (χ0) is 14.7. The highest BCUT2D eigenvalue weighted by Gasteiger charge is 2.13. The van der Waals surface area contributed by atoms with E-state index in [1.165, 1.54) is 5.56 Å². The Morgan fingerprint density at radius 1 is 1.45 bits per heavy atom. The average molecular weight is 313 g/mol. The number of hydrogen-bond acceptors (Lipinski definition) is 2. The number of halogens is 1. The highest BCUT2D eigenvalue weighted by atomic mass is 35.5. The van der Waals surface area contributed by atoms with Crippen LogP contribution in [0.15, 0.2) is 18.2 Å². The van der Waals surface area contributed by atoms with E-state index in [4.69, 9.17) is 11.6 Å². The number of fused-ring (bicyclic) bond motifs is 1. The maximum absolute atomic E-state index is 11.5. The lowest BCUT2D eigenvalue weighted by Crippen LogP contribution is -2.14. The molecule has 1 aromatic heterocycles. The number of hydrogen-bond donors (Lipinski definition) is 0. The van der Waals surface area contributed by atoms with E-state index in [2.05, 4.69) is 34.7 Å². The Hall–Kier alpha value is -0.870. The molecule has 0 spiro atoms. The van der Waals surface area contributed by atoms with Gasteiger partial charge in [-0.2, -0.15) is 0 Å². The predicted octanol–water partition coefficient (Wildman–Crippen LogP) is 3.28. The molecular formula is C15H21ClN2OS. The molecule has 2 aromatic rings. The maximum atomic E-state index is 11.5. The van der Waals surface area contributed by atoms with Crippen LogP contribution in [0.2, 0.25) is 0 Å². The lowest BCUT2D eigenvalue weighted by atomic mass is 10.2. The summed E-state index contributed by atoms with van der Waals surface area (Å²) in [4.78, 5) is 4.67. The Labute approximate surface area is 127 Å². The number of alkyl halides is 1. The SMILES string of the molecule is Cc1ccc2nc(CCCl)n(CCC(C)S(C)=O)c2c1. The molecule has 110 valence electrons. The standard InChI is InChI=1S/C15H21ClN2OS/c1-11-4-5-13-14(10-11)18(15(17-13)6-8-16)9-7-12(2)20(3)19/h4-5,10,12H,6-9H2,1-3H3. The second-order valence-electron chi connectivity index (χ2n) is 5.21. The molecule has 0 bridgehead atoms. The van der Waals surface area contributed by atoms with Crippen LogP contribution in [-0.2, 0) is 23.8 Å². The summed E-state index contributed by atoms with van der Waals surface area (Å²) >= 11 is 5.88. The van der Waals surface area contributed by atoms with Crippen molar-refractivity contribution < 1.29 is 4.21 Å². The Morgan fingerprint density at radius 2 is 2.20 bits per heavy atom. The van der Waals surface area contributed by atoms with Gasteiger partial charge >= 0.3 is 0 Å². The van der Waals surface area contributed by atoms with E-state index < -0.39 is 10.8 Å². The monoisotopic (exact) mass is 312 g/mol. The summed E-state index contributed by atoms with van der Waals surface area (Å²) in [6.07, 6.45) is 3.41. The molecule has 0 aliphatic carbocycles. The molecule has 0 saturated carbocycles. The van der Waals surface area contributed by atoms with E-state index >= 15 is 0 Å². The quantitative estimate of drug-likeness (QED) is 0.767. The Kier molecular flexibility index (Phi) is 5.22. The van der Waals surface area contributed by atoms with Crippen LogP contribution in [0.4, 0.5) is 0 Å². The van der Waals surface area contributed by atoms with Gasteiger partial charge in [-0.3, -0.25) is 4.21 Å². The maximum Gasteiger partial charge on any atom is 0.111 e. The van der Waals surface area contributed by atoms with E-state index in [0.717, 1.165) is 36.2 Å². The number of aryl methyl sites for hydroxylation is 3. The fraction of sp³-hybridized carbons (Fsp3) is 0.533. The largest absolute Gasteiger partial charge is 0.328 e. The first-order chi connectivity index (χ1) is 9.52. The van der Waals surface area contributed by atoms with Crippen molar-refractivity contribution in [1.82, 2.24) is 9.55 Å². The molecule has 1 aromatic carbocycles. The third kappa shape index (κ3) is 3.41. The number of aromatic nitrogens is 2. The lowest BCUT2D eigenvalue weighted by molar-refractivity contribution is 0.611. The fourth-order valence-electron chi connectivity index (χ4n) is 2.28. The smallest absolute Gasteiger partial charge is 0.111 e. The van der Waals surface area contributed by atoms with Crippen molar-refractivity contribution in [2.24, 2.45) is 0 Å². The van der Waals surface area contributed by atoms with Crippen molar-refractivity contribution in [3.05, 3.63) is 29.6 Å².